The average Bonchev–Trinajstić information content (AvgIpc) is 3.38. The Bertz CT molecular complexity index is 1040. The van der Waals surface area contributed by atoms with Crippen LogP contribution in [-0.4, -0.2) is 71.0 Å². The third kappa shape index (κ3) is 2.88. The van der Waals surface area contributed by atoms with Crippen LogP contribution in [0.1, 0.15) is 23.4 Å². The summed E-state index contributed by atoms with van der Waals surface area (Å²) in [6.45, 7) is -0.415. The molecule has 6 atom stereocenters. The maximum Gasteiger partial charge on any atom is 0.167 e. The van der Waals surface area contributed by atoms with E-state index in [1.807, 2.05) is 24.3 Å². The maximum absolute atomic E-state index is 10.5. The zero-order valence-corrected chi connectivity index (χ0v) is 15.3. The fourth-order valence-electron chi connectivity index (χ4n) is 4.15. The van der Waals surface area contributed by atoms with E-state index in [-0.39, 0.29) is 6.04 Å². The van der Waals surface area contributed by atoms with Crippen molar-refractivity contribution < 1.29 is 25.2 Å². The van der Waals surface area contributed by atoms with Gasteiger partial charge in [-0.25, -0.2) is 15.0 Å². The van der Waals surface area contributed by atoms with Gasteiger partial charge in [0.2, 0.25) is 0 Å². The molecule has 0 unspecified atom stereocenters. The molecule has 1 aliphatic carbocycles. The number of benzene rings is 1. The van der Waals surface area contributed by atoms with Crippen molar-refractivity contribution in [2.45, 2.75) is 43.1 Å². The number of nitrogens with one attached hydrogen (secondary N) is 1. The van der Waals surface area contributed by atoms with Gasteiger partial charge < -0.3 is 30.5 Å². The second-order valence-corrected chi connectivity index (χ2v) is 7.37. The average molecular weight is 399 g/mol. The van der Waals surface area contributed by atoms with Gasteiger partial charge in [-0.05, 0) is 11.1 Å². The molecule has 152 valence electrons. The molecule has 1 fully saturated rings. The van der Waals surface area contributed by atoms with Gasteiger partial charge in [-0.3, -0.25) is 4.57 Å². The minimum atomic E-state index is -1.24. The first-order valence-corrected chi connectivity index (χ1v) is 9.41. The molecule has 0 saturated carbocycles. The molecule has 3 heterocycles. The maximum atomic E-state index is 10.5. The van der Waals surface area contributed by atoms with Gasteiger partial charge in [-0.2, -0.15) is 0 Å². The van der Waals surface area contributed by atoms with Crippen molar-refractivity contribution in [3.63, 3.8) is 0 Å². The molecule has 5 N–H and O–H groups in total. The summed E-state index contributed by atoms with van der Waals surface area (Å²) in [5, 5.41) is 43.4. The minimum Gasteiger partial charge on any atom is -0.394 e. The summed E-state index contributed by atoms with van der Waals surface area (Å²) in [4.78, 5) is 12.9. The monoisotopic (exact) mass is 399 g/mol. The van der Waals surface area contributed by atoms with Crippen LogP contribution in [0, 0.1) is 0 Å². The Morgan fingerprint density at radius 1 is 1.10 bits per heavy atom. The van der Waals surface area contributed by atoms with Crippen LogP contribution in [0.15, 0.2) is 36.9 Å². The number of hydrogen-bond acceptors (Lipinski definition) is 9. The molecular weight excluding hydrogens is 378 g/mol. The first-order valence-electron chi connectivity index (χ1n) is 9.41. The number of imidazole rings is 1. The van der Waals surface area contributed by atoms with Crippen molar-refractivity contribution in [2.75, 3.05) is 11.9 Å². The Hall–Kier alpha value is -2.63. The number of aliphatic hydroxyl groups excluding tert-OH is 4. The lowest BCUT2D eigenvalue weighted by Crippen LogP contribution is -2.33. The highest BCUT2D eigenvalue weighted by atomic mass is 16.6. The van der Waals surface area contributed by atoms with Crippen LogP contribution in [0.4, 0.5) is 5.82 Å². The number of aliphatic hydroxyl groups is 4. The smallest absolute Gasteiger partial charge is 0.167 e. The number of rotatable bonds is 4. The minimum absolute atomic E-state index is 0.330. The topological polar surface area (TPSA) is 146 Å². The largest absolute Gasteiger partial charge is 0.394 e. The lowest BCUT2D eigenvalue weighted by atomic mass is 10.1. The number of hydrogen-bond donors (Lipinski definition) is 5. The summed E-state index contributed by atoms with van der Waals surface area (Å²) in [5.74, 6) is 0.446. The number of nitrogens with zero attached hydrogens (tertiary/aromatic N) is 4. The van der Waals surface area contributed by atoms with Gasteiger partial charge in [0.1, 0.15) is 24.6 Å². The second kappa shape index (κ2) is 7.01. The highest BCUT2D eigenvalue weighted by molar-refractivity contribution is 5.83. The molecule has 29 heavy (non-hydrogen) atoms. The van der Waals surface area contributed by atoms with Gasteiger partial charge in [0.25, 0.3) is 0 Å². The van der Waals surface area contributed by atoms with Crippen molar-refractivity contribution >= 4 is 17.0 Å². The highest BCUT2D eigenvalue weighted by Crippen LogP contribution is 2.36. The van der Waals surface area contributed by atoms with E-state index in [2.05, 4.69) is 20.3 Å². The van der Waals surface area contributed by atoms with E-state index in [4.69, 9.17) is 4.74 Å². The molecular formula is C19H21N5O5. The summed E-state index contributed by atoms with van der Waals surface area (Å²) >= 11 is 0. The number of fused-ring (bicyclic) bond motifs is 2. The molecule has 1 saturated heterocycles. The number of aromatic nitrogens is 4. The van der Waals surface area contributed by atoms with Crippen molar-refractivity contribution in [3.05, 3.63) is 48.0 Å². The molecule has 3 aromatic rings. The molecule has 10 heteroatoms. The van der Waals surface area contributed by atoms with Gasteiger partial charge >= 0.3 is 0 Å². The summed E-state index contributed by atoms with van der Waals surface area (Å²) in [7, 11) is 0. The van der Waals surface area contributed by atoms with E-state index in [0.29, 0.717) is 23.4 Å². The highest BCUT2D eigenvalue weighted by Gasteiger charge is 2.44. The van der Waals surface area contributed by atoms with Crippen LogP contribution in [-0.2, 0) is 11.2 Å². The molecule has 5 rings (SSSR count). The fourth-order valence-corrected chi connectivity index (χ4v) is 4.15. The summed E-state index contributed by atoms with van der Waals surface area (Å²) in [6, 6.07) is 7.51. The van der Waals surface area contributed by atoms with E-state index in [1.165, 1.54) is 17.2 Å². The van der Waals surface area contributed by atoms with Gasteiger partial charge in [-0.1, -0.05) is 24.3 Å². The molecule has 1 aromatic carbocycles. The van der Waals surface area contributed by atoms with Crippen LogP contribution in [0.2, 0.25) is 0 Å². The van der Waals surface area contributed by atoms with Crippen LogP contribution < -0.4 is 5.32 Å². The first kappa shape index (κ1) is 18.4. The van der Waals surface area contributed by atoms with Crippen molar-refractivity contribution in [2.24, 2.45) is 0 Å². The zero-order chi connectivity index (χ0) is 20.1. The van der Waals surface area contributed by atoms with Gasteiger partial charge in [0.05, 0.1) is 25.1 Å². The molecule has 0 spiro atoms. The van der Waals surface area contributed by atoms with E-state index in [0.717, 1.165) is 11.1 Å². The van der Waals surface area contributed by atoms with E-state index in [9.17, 15) is 20.4 Å². The van der Waals surface area contributed by atoms with Gasteiger partial charge in [0.15, 0.2) is 23.2 Å². The Morgan fingerprint density at radius 3 is 2.72 bits per heavy atom. The predicted molar refractivity (Wildman–Crippen MR) is 101 cm³/mol. The predicted octanol–water partition coefficient (Wildman–Crippen LogP) is -0.492. The molecule has 1 aliphatic heterocycles. The van der Waals surface area contributed by atoms with E-state index < -0.39 is 37.3 Å². The Kier molecular flexibility index (Phi) is 4.45. The molecule has 0 radical (unpaired) electrons. The lowest BCUT2D eigenvalue weighted by Gasteiger charge is -2.19. The van der Waals surface area contributed by atoms with Gasteiger partial charge in [0, 0.05) is 6.42 Å². The van der Waals surface area contributed by atoms with Crippen molar-refractivity contribution in [1.82, 2.24) is 19.5 Å². The Labute approximate surface area is 165 Å². The third-order valence-electron chi connectivity index (χ3n) is 5.65. The van der Waals surface area contributed by atoms with Crippen molar-refractivity contribution in [3.8, 4) is 0 Å². The fraction of sp³-hybridized carbons (Fsp3) is 0.421. The molecule has 10 nitrogen and oxygen atoms in total. The molecule has 2 aromatic heterocycles. The Balaban J connectivity index is 1.49. The van der Waals surface area contributed by atoms with Crippen LogP contribution in [0.5, 0.6) is 0 Å². The van der Waals surface area contributed by atoms with E-state index in [1.54, 1.807) is 0 Å². The quantitative estimate of drug-likeness (QED) is 0.392. The SMILES string of the molecule is OC[C@H]1O[C@@H](n2cnc3c(N[C@@H]4c5ccccc5C[C@H]4O)ncnc32)[C@H](O)[C@@H]1O. The Morgan fingerprint density at radius 2 is 1.93 bits per heavy atom. The summed E-state index contributed by atoms with van der Waals surface area (Å²) < 4.78 is 7.08. The van der Waals surface area contributed by atoms with E-state index >= 15 is 0 Å². The summed E-state index contributed by atoms with van der Waals surface area (Å²) in [5.41, 5.74) is 2.94. The second-order valence-electron chi connectivity index (χ2n) is 7.37. The van der Waals surface area contributed by atoms with Crippen LogP contribution in [0.25, 0.3) is 11.2 Å². The zero-order valence-electron chi connectivity index (χ0n) is 15.3. The van der Waals surface area contributed by atoms with Crippen LogP contribution >= 0.6 is 0 Å². The standard InChI is InChI=1S/C19H21N5O5/c25-6-12-15(27)16(28)19(29-12)24-8-22-14-17(20-7-21-18(14)24)23-13-10-4-2-1-3-9(10)5-11(13)26/h1-4,7-8,11-13,15-16,19,25-28H,5-6H2,(H,20,21,23)/t11-,12-,13-,15-,16-,19-/m1/s1. The lowest BCUT2D eigenvalue weighted by molar-refractivity contribution is -0.0511. The molecule has 2 aliphatic rings. The molecule has 0 bridgehead atoms. The normalized spacial score (nSPS) is 31.3. The molecule has 0 amide bonds. The van der Waals surface area contributed by atoms with Crippen LogP contribution in [0.3, 0.4) is 0 Å². The number of anilines is 1. The third-order valence-corrected chi connectivity index (χ3v) is 5.65. The summed E-state index contributed by atoms with van der Waals surface area (Å²) in [6.07, 6.45) is -1.52. The van der Waals surface area contributed by atoms with Gasteiger partial charge in [-0.15, -0.1) is 0 Å². The number of ether oxygens (including phenoxy) is 1. The van der Waals surface area contributed by atoms with Crippen molar-refractivity contribution in [1.29, 1.82) is 0 Å². The first-order chi connectivity index (χ1) is 14.1.